The number of carbonyl (C=O) groups is 1. The van der Waals surface area contributed by atoms with Crippen LogP contribution < -0.4 is 5.73 Å². The van der Waals surface area contributed by atoms with Crippen LogP contribution in [0.5, 0.6) is 0 Å². The summed E-state index contributed by atoms with van der Waals surface area (Å²) < 4.78 is 0. The number of hydrogen-bond donors (Lipinski definition) is 1. The third-order valence-corrected chi connectivity index (χ3v) is 4.58. The number of aryl methyl sites for hydroxylation is 1. The van der Waals surface area contributed by atoms with E-state index in [1.54, 1.807) is 6.07 Å². The van der Waals surface area contributed by atoms with Gasteiger partial charge in [0.15, 0.2) is 0 Å². The van der Waals surface area contributed by atoms with Crippen molar-refractivity contribution in [2.24, 2.45) is 11.7 Å². The third-order valence-electron chi connectivity index (χ3n) is 4.34. The molecule has 1 amide bonds. The molecular formula is C16H23ClN2O. The van der Waals surface area contributed by atoms with Crippen molar-refractivity contribution >= 4 is 17.5 Å². The number of nitrogens with two attached hydrogens (primary N) is 1. The number of amides is 1. The molecule has 1 aliphatic rings. The summed E-state index contributed by atoms with van der Waals surface area (Å²) in [5.74, 6) is 0.540. The van der Waals surface area contributed by atoms with Crippen LogP contribution in [-0.2, 0) is 0 Å². The highest BCUT2D eigenvalue weighted by molar-refractivity contribution is 6.30. The number of nitrogens with zero attached hydrogens (tertiary/aromatic N) is 1. The molecule has 4 heteroatoms. The van der Waals surface area contributed by atoms with Gasteiger partial charge in [-0.3, -0.25) is 4.79 Å². The van der Waals surface area contributed by atoms with E-state index in [0.29, 0.717) is 17.5 Å². The number of hydrogen-bond acceptors (Lipinski definition) is 2. The molecule has 2 rings (SSSR count). The number of rotatable bonds is 4. The fourth-order valence-corrected chi connectivity index (χ4v) is 3.48. The monoisotopic (exact) mass is 294 g/mol. The summed E-state index contributed by atoms with van der Waals surface area (Å²) in [4.78, 5) is 14.8. The lowest BCUT2D eigenvalue weighted by atomic mass is 10.00. The van der Waals surface area contributed by atoms with Gasteiger partial charge in [-0.05, 0) is 62.9 Å². The summed E-state index contributed by atoms with van der Waals surface area (Å²) in [6.07, 6.45) is 3.36. The van der Waals surface area contributed by atoms with Crippen LogP contribution in [0, 0.1) is 12.8 Å². The van der Waals surface area contributed by atoms with E-state index >= 15 is 0 Å². The van der Waals surface area contributed by atoms with Gasteiger partial charge in [0.1, 0.15) is 0 Å². The lowest BCUT2D eigenvalue weighted by Gasteiger charge is -2.32. The van der Waals surface area contributed by atoms with Gasteiger partial charge in [0.25, 0.3) is 5.91 Å². The topological polar surface area (TPSA) is 46.3 Å². The van der Waals surface area contributed by atoms with E-state index in [0.717, 1.165) is 36.9 Å². The SMILES string of the molecule is CCN(C(=O)c1ccc(Cl)cc1C)C1CCCC1CN. The highest BCUT2D eigenvalue weighted by atomic mass is 35.5. The van der Waals surface area contributed by atoms with Gasteiger partial charge in [-0.15, -0.1) is 0 Å². The van der Waals surface area contributed by atoms with Crippen LogP contribution in [0.2, 0.25) is 5.02 Å². The highest BCUT2D eigenvalue weighted by Gasteiger charge is 2.33. The van der Waals surface area contributed by atoms with Crippen LogP contribution in [0.3, 0.4) is 0 Å². The summed E-state index contributed by atoms with van der Waals surface area (Å²) in [5.41, 5.74) is 7.53. The number of halogens is 1. The second kappa shape index (κ2) is 6.59. The van der Waals surface area contributed by atoms with E-state index in [9.17, 15) is 4.79 Å². The van der Waals surface area contributed by atoms with Gasteiger partial charge in [0.2, 0.25) is 0 Å². The molecule has 3 nitrogen and oxygen atoms in total. The van der Waals surface area contributed by atoms with Gasteiger partial charge in [-0.2, -0.15) is 0 Å². The zero-order chi connectivity index (χ0) is 14.7. The van der Waals surface area contributed by atoms with Crippen molar-refractivity contribution in [1.82, 2.24) is 4.90 Å². The second-order valence-corrected chi connectivity index (χ2v) is 5.98. The first kappa shape index (κ1) is 15.3. The zero-order valence-electron chi connectivity index (χ0n) is 12.2. The molecule has 0 aliphatic heterocycles. The zero-order valence-corrected chi connectivity index (χ0v) is 13.0. The summed E-state index contributed by atoms with van der Waals surface area (Å²) >= 11 is 5.97. The van der Waals surface area contributed by atoms with Gasteiger partial charge in [0, 0.05) is 23.2 Å². The molecule has 1 aromatic rings. The minimum Gasteiger partial charge on any atom is -0.336 e. The molecule has 2 unspecified atom stereocenters. The van der Waals surface area contributed by atoms with Crippen LogP contribution >= 0.6 is 11.6 Å². The van der Waals surface area contributed by atoms with Gasteiger partial charge in [0.05, 0.1) is 0 Å². The maximum Gasteiger partial charge on any atom is 0.254 e. The largest absolute Gasteiger partial charge is 0.336 e. The summed E-state index contributed by atoms with van der Waals surface area (Å²) in [6, 6.07) is 5.74. The Morgan fingerprint density at radius 2 is 2.20 bits per heavy atom. The Bertz CT molecular complexity index is 489. The van der Waals surface area contributed by atoms with Crippen molar-refractivity contribution in [3.63, 3.8) is 0 Å². The summed E-state index contributed by atoms with van der Waals surface area (Å²) in [5, 5.41) is 0.669. The molecule has 0 aromatic heterocycles. The highest BCUT2D eigenvalue weighted by Crippen LogP contribution is 2.30. The predicted octanol–water partition coefficient (Wildman–Crippen LogP) is 3.24. The normalized spacial score (nSPS) is 22.0. The van der Waals surface area contributed by atoms with Crippen LogP contribution in [0.1, 0.15) is 42.1 Å². The van der Waals surface area contributed by atoms with E-state index in [4.69, 9.17) is 17.3 Å². The molecule has 0 saturated heterocycles. The molecule has 2 N–H and O–H groups in total. The molecule has 2 atom stereocenters. The fourth-order valence-electron chi connectivity index (χ4n) is 3.25. The second-order valence-electron chi connectivity index (χ2n) is 5.54. The summed E-state index contributed by atoms with van der Waals surface area (Å²) in [7, 11) is 0. The molecule has 1 aliphatic carbocycles. The predicted molar refractivity (Wildman–Crippen MR) is 83.1 cm³/mol. The van der Waals surface area contributed by atoms with Crippen LogP contribution in [0.15, 0.2) is 18.2 Å². The van der Waals surface area contributed by atoms with Crippen LogP contribution in [0.25, 0.3) is 0 Å². The van der Waals surface area contributed by atoms with Crippen molar-refractivity contribution in [2.45, 2.75) is 39.2 Å². The average Bonchev–Trinajstić information content (AvgIpc) is 2.87. The van der Waals surface area contributed by atoms with E-state index < -0.39 is 0 Å². The Hall–Kier alpha value is -1.06. The Morgan fingerprint density at radius 3 is 2.80 bits per heavy atom. The number of carbonyl (C=O) groups excluding carboxylic acids is 1. The molecule has 0 radical (unpaired) electrons. The van der Waals surface area contributed by atoms with Crippen molar-refractivity contribution in [2.75, 3.05) is 13.1 Å². The van der Waals surface area contributed by atoms with E-state index in [1.165, 1.54) is 0 Å². The molecule has 0 spiro atoms. The molecular weight excluding hydrogens is 272 g/mol. The van der Waals surface area contributed by atoms with Crippen molar-refractivity contribution < 1.29 is 4.79 Å². The lowest BCUT2D eigenvalue weighted by molar-refractivity contribution is 0.0651. The third kappa shape index (κ3) is 2.99. The van der Waals surface area contributed by atoms with Gasteiger partial charge in [-0.1, -0.05) is 18.0 Å². The first-order valence-electron chi connectivity index (χ1n) is 7.35. The Balaban J connectivity index is 2.24. The molecule has 1 saturated carbocycles. The molecule has 1 aromatic carbocycles. The standard InChI is InChI=1S/C16H23ClN2O/c1-3-19(15-6-4-5-12(15)10-18)16(20)14-8-7-13(17)9-11(14)2/h7-9,12,15H,3-6,10,18H2,1-2H3. The Morgan fingerprint density at radius 1 is 1.45 bits per heavy atom. The quantitative estimate of drug-likeness (QED) is 0.926. The Kier molecular flexibility index (Phi) is 5.06. The maximum absolute atomic E-state index is 12.8. The van der Waals surface area contributed by atoms with E-state index in [1.807, 2.05) is 30.9 Å². The van der Waals surface area contributed by atoms with Crippen LogP contribution in [0.4, 0.5) is 0 Å². The van der Waals surface area contributed by atoms with Crippen LogP contribution in [-0.4, -0.2) is 29.9 Å². The minimum atomic E-state index is 0.104. The average molecular weight is 295 g/mol. The van der Waals surface area contributed by atoms with Crippen molar-refractivity contribution in [3.8, 4) is 0 Å². The summed E-state index contributed by atoms with van der Waals surface area (Å²) in [6.45, 7) is 5.35. The first-order valence-corrected chi connectivity index (χ1v) is 7.73. The Labute approximate surface area is 126 Å². The molecule has 110 valence electrons. The van der Waals surface area contributed by atoms with Gasteiger partial charge < -0.3 is 10.6 Å². The smallest absolute Gasteiger partial charge is 0.254 e. The maximum atomic E-state index is 12.8. The van der Waals surface area contributed by atoms with Gasteiger partial charge >= 0.3 is 0 Å². The molecule has 1 fully saturated rings. The van der Waals surface area contributed by atoms with Crippen molar-refractivity contribution in [1.29, 1.82) is 0 Å². The first-order chi connectivity index (χ1) is 9.58. The number of benzene rings is 1. The lowest BCUT2D eigenvalue weighted by Crippen LogP contribution is -2.44. The minimum absolute atomic E-state index is 0.104. The van der Waals surface area contributed by atoms with Crippen molar-refractivity contribution in [3.05, 3.63) is 34.3 Å². The van der Waals surface area contributed by atoms with E-state index in [2.05, 4.69) is 0 Å². The fraction of sp³-hybridized carbons (Fsp3) is 0.562. The molecule has 0 bridgehead atoms. The van der Waals surface area contributed by atoms with Gasteiger partial charge in [-0.25, -0.2) is 0 Å². The molecule has 20 heavy (non-hydrogen) atoms. The van der Waals surface area contributed by atoms with E-state index in [-0.39, 0.29) is 11.9 Å². The molecule has 0 heterocycles.